The molecule has 0 aliphatic rings. The van der Waals surface area contributed by atoms with Crippen molar-refractivity contribution in [2.24, 2.45) is 0 Å². The lowest BCUT2D eigenvalue weighted by Crippen LogP contribution is -2.26. The Morgan fingerprint density at radius 1 is 1.50 bits per heavy atom. The molecule has 0 aromatic heterocycles. The summed E-state index contributed by atoms with van der Waals surface area (Å²) >= 11 is 3.31. The van der Waals surface area contributed by atoms with Crippen LogP contribution in [0.15, 0.2) is 28.7 Å². The molecule has 4 nitrogen and oxygen atoms in total. The molecule has 84 valence electrons. The third-order valence-electron chi connectivity index (χ3n) is 1.86. The maximum atomic E-state index is 11.3. The highest BCUT2D eigenvalue weighted by Gasteiger charge is 2.13. The summed E-state index contributed by atoms with van der Waals surface area (Å²) < 4.78 is 5.70. The lowest BCUT2D eigenvalue weighted by molar-refractivity contribution is 0.123. The second kappa shape index (κ2) is 6.13. The minimum absolute atomic E-state index is 0.225. The zero-order valence-electron chi connectivity index (χ0n) is 8.81. The van der Waals surface area contributed by atoms with Crippen LogP contribution in [0.4, 0.5) is 4.79 Å². The summed E-state index contributed by atoms with van der Waals surface area (Å²) in [6, 6.07) is 7.40. The van der Waals surface area contributed by atoms with Crippen LogP contribution in [0.5, 0.6) is 0 Å². The molecule has 0 bridgehead atoms. The summed E-state index contributed by atoms with van der Waals surface area (Å²) in [5.74, 6) is 0. The molecular formula is C11H11BrN2O2. The van der Waals surface area contributed by atoms with Gasteiger partial charge < -0.3 is 4.74 Å². The van der Waals surface area contributed by atoms with Gasteiger partial charge in [0.25, 0.3) is 0 Å². The number of nitriles is 1. The van der Waals surface area contributed by atoms with E-state index in [0.717, 1.165) is 14.9 Å². The van der Waals surface area contributed by atoms with Gasteiger partial charge in [-0.1, -0.05) is 28.1 Å². The van der Waals surface area contributed by atoms with Crippen LogP contribution in [0.1, 0.15) is 12.5 Å². The normalized spacial score (nSPS) is 9.31. The fourth-order valence-corrected chi connectivity index (χ4v) is 1.38. The van der Waals surface area contributed by atoms with Crippen LogP contribution in [0, 0.1) is 11.5 Å². The van der Waals surface area contributed by atoms with E-state index >= 15 is 0 Å². The number of carbonyl (C=O) groups excluding carboxylic acids is 1. The predicted molar refractivity (Wildman–Crippen MR) is 62.3 cm³/mol. The number of nitrogens with zero attached hydrogens (tertiary/aromatic N) is 2. The molecule has 0 spiro atoms. The first-order chi connectivity index (χ1) is 7.67. The maximum Gasteiger partial charge on any atom is 0.423 e. The van der Waals surface area contributed by atoms with E-state index in [1.54, 1.807) is 13.1 Å². The molecule has 0 fully saturated rings. The van der Waals surface area contributed by atoms with Gasteiger partial charge in [0.1, 0.15) is 0 Å². The molecule has 1 rings (SSSR count). The minimum Gasteiger partial charge on any atom is -0.449 e. The van der Waals surface area contributed by atoms with Crippen LogP contribution in [0.3, 0.4) is 0 Å². The average molecular weight is 283 g/mol. The Labute approximate surface area is 103 Å². The Hall–Kier alpha value is -1.54. The van der Waals surface area contributed by atoms with Crippen molar-refractivity contribution in [3.05, 3.63) is 34.3 Å². The highest BCUT2D eigenvalue weighted by atomic mass is 79.9. The number of hydrogen-bond acceptors (Lipinski definition) is 3. The zero-order valence-corrected chi connectivity index (χ0v) is 10.4. The number of hydrogen-bond donors (Lipinski definition) is 0. The quantitative estimate of drug-likeness (QED) is 0.633. The predicted octanol–water partition coefficient (Wildman–Crippen LogP) is 2.89. The van der Waals surface area contributed by atoms with Gasteiger partial charge in [0.05, 0.1) is 13.2 Å². The van der Waals surface area contributed by atoms with Crippen molar-refractivity contribution in [1.29, 1.82) is 5.26 Å². The Kier molecular flexibility index (Phi) is 4.80. The molecule has 1 aromatic carbocycles. The highest BCUT2D eigenvalue weighted by Crippen LogP contribution is 2.12. The third kappa shape index (κ3) is 3.55. The summed E-state index contributed by atoms with van der Waals surface area (Å²) in [7, 11) is 0. The van der Waals surface area contributed by atoms with Crippen molar-refractivity contribution < 1.29 is 9.53 Å². The minimum atomic E-state index is -0.618. The van der Waals surface area contributed by atoms with Gasteiger partial charge in [-0.15, -0.1) is 0 Å². The van der Waals surface area contributed by atoms with Crippen LogP contribution in [-0.4, -0.2) is 17.6 Å². The second-order valence-corrected chi connectivity index (χ2v) is 3.93. The van der Waals surface area contributed by atoms with E-state index in [9.17, 15) is 4.79 Å². The number of halogens is 1. The van der Waals surface area contributed by atoms with E-state index in [0.29, 0.717) is 0 Å². The van der Waals surface area contributed by atoms with Gasteiger partial charge in [-0.2, -0.15) is 5.26 Å². The van der Waals surface area contributed by atoms with Gasteiger partial charge >= 0.3 is 6.09 Å². The lowest BCUT2D eigenvalue weighted by atomic mass is 10.2. The number of ether oxygens (including phenoxy) is 1. The Bertz CT molecular complexity index is 397. The Morgan fingerprint density at radius 2 is 2.12 bits per heavy atom. The molecule has 0 unspecified atom stereocenters. The second-order valence-electron chi connectivity index (χ2n) is 3.01. The SMILES string of the molecule is CCOC(=O)N(C#N)Cc1ccc(Br)cc1. The van der Waals surface area contributed by atoms with Crippen molar-refractivity contribution in [3.8, 4) is 6.19 Å². The molecule has 5 heteroatoms. The highest BCUT2D eigenvalue weighted by molar-refractivity contribution is 9.10. The first kappa shape index (κ1) is 12.5. The Morgan fingerprint density at radius 3 is 2.62 bits per heavy atom. The van der Waals surface area contributed by atoms with Crippen molar-refractivity contribution >= 4 is 22.0 Å². The molecule has 0 radical (unpaired) electrons. The summed E-state index contributed by atoms with van der Waals surface area (Å²) in [6.45, 7) is 2.19. The molecule has 0 N–H and O–H groups in total. The molecule has 0 aliphatic carbocycles. The van der Waals surface area contributed by atoms with Crippen LogP contribution < -0.4 is 0 Å². The number of rotatable bonds is 3. The van der Waals surface area contributed by atoms with Crippen molar-refractivity contribution in [3.63, 3.8) is 0 Å². The molecule has 1 amide bonds. The standard InChI is InChI=1S/C11H11BrN2O2/c1-2-16-11(15)14(8-13)7-9-3-5-10(12)6-4-9/h3-6H,2,7H2,1H3. The lowest BCUT2D eigenvalue weighted by Gasteiger charge is -2.12. The summed E-state index contributed by atoms with van der Waals surface area (Å²) in [4.78, 5) is 12.3. The molecule has 16 heavy (non-hydrogen) atoms. The van der Waals surface area contributed by atoms with E-state index in [1.165, 1.54) is 0 Å². The van der Waals surface area contributed by atoms with Crippen LogP contribution in [-0.2, 0) is 11.3 Å². The molecule has 0 heterocycles. The van der Waals surface area contributed by atoms with Gasteiger partial charge in [0.15, 0.2) is 6.19 Å². The third-order valence-corrected chi connectivity index (χ3v) is 2.39. The molecule has 0 saturated heterocycles. The van der Waals surface area contributed by atoms with E-state index in [4.69, 9.17) is 10.00 Å². The fourth-order valence-electron chi connectivity index (χ4n) is 1.11. The number of carbonyl (C=O) groups is 1. The van der Waals surface area contributed by atoms with Gasteiger partial charge in [-0.25, -0.2) is 9.69 Å². The summed E-state index contributed by atoms with van der Waals surface area (Å²) in [5, 5.41) is 8.80. The van der Waals surface area contributed by atoms with Gasteiger partial charge in [-0.3, -0.25) is 0 Å². The van der Waals surface area contributed by atoms with Crippen molar-refractivity contribution in [2.45, 2.75) is 13.5 Å². The average Bonchev–Trinajstić information content (AvgIpc) is 2.28. The summed E-state index contributed by atoms with van der Waals surface area (Å²) in [5.41, 5.74) is 0.873. The van der Waals surface area contributed by atoms with E-state index in [1.807, 2.05) is 24.3 Å². The monoisotopic (exact) mass is 282 g/mol. The molecular weight excluding hydrogens is 272 g/mol. The molecule has 1 aromatic rings. The first-order valence-corrected chi connectivity index (χ1v) is 5.55. The fraction of sp³-hybridized carbons (Fsp3) is 0.273. The topological polar surface area (TPSA) is 53.3 Å². The Balaban J connectivity index is 2.67. The number of benzene rings is 1. The van der Waals surface area contributed by atoms with E-state index < -0.39 is 6.09 Å². The van der Waals surface area contributed by atoms with Crippen LogP contribution >= 0.6 is 15.9 Å². The number of amides is 1. The van der Waals surface area contributed by atoms with Crippen molar-refractivity contribution in [2.75, 3.05) is 6.61 Å². The molecule has 0 saturated carbocycles. The molecule has 0 aliphatic heterocycles. The van der Waals surface area contributed by atoms with Gasteiger partial charge in [-0.05, 0) is 24.6 Å². The largest absolute Gasteiger partial charge is 0.449 e. The smallest absolute Gasteiger partial charge is 0.423 e. The molecule has 0 atom stereocenters. The van der Waals surface area contributed by atoms with E-state index in [-0.39, 0.29) is 13.2 Å². The van der Waals surface area contributed by atoms with E-state index in [2.05, 4.69) is 15.9 Å². The summed E-state index contributed by atoms with van der Waals surface area (Å²) in [6.07, 6.45) is 1.18. The zero-order chi connectivity index (χ0) is 12.0. The van der Waals surface area contributed by atoms with Crippen LogP contribution in [0.25, 0.3) is 0 Å². The van der Waals surface area contributed by atoms with Crippen molar-refractivity contribution in [1.82, 2.24) is 4.90 Å². The maximum absolute atomic E-state index is 11.3. The first-order valence-electron chi connectivity index (χ1n) is 4.75. The van der Waals surface area contributed by atoms with Gasteiger partial charge in [0, 0.05) is 4.47 Å². The van der Waals surface area contributed by atoms with Gasteiger partial charge in [0.2, 0.25) is 0 Å². The van der Waals surface area contributed by atoms with Crippen LogP contribution in [0.2, 0.25) is 0 Å².